The lowest BCUT2D eigenvalue weighted by Gasteiger charge is -2.18. The SMILES string of the molecule is CCC1=N[C@@H](COS(=O)(=O)c2ccc(C)cc2)[C@H](c2ccccc2)O1. The average Bonchev–Trinajstić information content (AvgIpc) is 3.05. The number of rotatable bonds is 6. The van der Waals surface area contributed by atoms with Crippen LogP contribution in [0.3, 0.4) is 0 Å². The second-order valence-electron chi connectivity index (χ2n) is 5.94. The lowest BCUT2D eigenvalue weighted by Crippen LogP contribution is -2.22. The summed E-state index contributed by atoms with van der Waals surface area (Å²) in [4.78, 5) is 4.63. The van der Waals surface area contributed by atoms with Gasteiger partial charge < -0.3 is 4.74 Å². The lowest BCUT2D eigenvalue weighted by atomic mass is 10.0. The zero-order chi connectivity index (χ0) is 17.9. The molecule has 25 heavy (non-hydrogen) atoms. The first-order chi connectivity index (χ1) is 12.0. The fourth-order valence-electron chi connectivity index (χ4n) is 2.67. The van der Waals surface area contributed by atoms with Crippen molar-refractivity contribution in [1.29, 1.82) is 0 Å². The molecule has 0 N–H and O–H groups in total. The summed E-state index contributed by atoms with van der Waals surface area (Å²) in [5.41, 5.74) is 1.94. The van der Waals surface area contributed by atoms with Gasteiger partial charge in [0.25, 0.3) is 10.1 Å². The maximum atomic E-state index is 12.4. The molecule has 0 fully saturated rings. The Morgan fingerprint density at radius 1 is 1.08 bits per heavy atom. The van der Waals surface area contributed by atoms with Gasteiger partial charge in [0.15, 0.2) is 5.90 Å². The van der Waals surface area contributed by atoms with Crippen molar-refractivity contribution in [2.24, 2.45) is 4.99 Å². The molecule has 2 aromatic rings. The van der Waals surface area contributed by atoms with Gasteiger partial charge in [-0.3, -0.25) is 4.18 Å². The first-order valence-electron chi connectivity index (χ1n) is 8.24. The maximum Gasteiger partial charge on any atom is 0.297 e. The van der Waals surface area contributed by atoms with E-state index < -0.39 is 16.2 Å². The van der Waals surface area contributed by atoms with Crippen LogP contribution in [0.5, 0.6) is 0 Å². The van der Waals surface area contributed by atoms with Crippen molar-refractivity contribution >= 4 is 16.0 Å². The molecule has 0 unspecified atom stereocenters. The number of aliphatic imine (C=N–C) groups is 1. The van der Waals surface area contributed by atoms with Crippen LogP contribution < -0.4 is 0 Å². The van der Waals surface area contributed by atoms with Gasteiger partial charge in [-0.2, -0.15) is 8.42 Å². The summed E-state index contributed by atoms with van der Waals surface area (Å²) in [5, 5.41) is 0. The van der Waals surface area contributed by atoms with E-state index in [0.717, 1.165) is 11.1 Å². The molecule has 2 atom stereocenters. The van der Waals surface area contributed by atoms with E-state index in [0.29, 0.717) is 12.3 Å². The zero-order valence-electron chi connectivity index (χ0n) is 14.3. The summed E-state index contributed by atoms with van der Waals surface area (Å²) in [6.45, 7) is 3.80. The minimum absolute atomic E-state index is 0.0563. The van der Waals surface area contributed by atoms with E-state index in [1.54, 1.807) is 24.3 Å². The Labute approximate surface area is 148 Å². The number of ether oxygens (including phenoxy) is 1. The van der Waals surface area contributed by atoms with E-state index in [9.17, 15) is 8.42 Å². The van der Waals surface area contributed by atoms with Crippen LogP contribution in [0.15, 0.2) is 64.5 Å². The fraction of sp³-hybridized carbons (Fsp3) is 0.316. The molecule has 5 nitrogen and oxygen atoms in total. The van der Waals surface area contributed by atoms with Gasteiger partial charge in [-0.05, 0) is 24.6 Å². The average molecular weight is 359 g/mol. The minimum Gasteiger partial charge on any atom is -0.471 e. The van der Waals surface area contributed by atoms with Crippen LogP contribution in [0.25, 0.3) is 0 Å². The third kappa shape index (κ3) is 4.08. The van der Waals surface area contributed by atoms with E-state index in [1.807, 2.05) is 44.2 Å². The Kier molecular flexibility index (Phi) is 5.20. The third-order valence-electron chi connectivity index (χ3n) is 4.06. The molecule has 0 saturated heterocycles. The molecular formula is C19H21NO4S. The molecule has 3 rings (SSSR count). The summed E-state index contributed by atoms with van der Waals surface area (Å²) in [7, 11) is -3.82. The normalized spacial score (nSPS) is 20.2. The summed E-state index contributed by atoms with van der Waals surface area (Å²) in [6.07, 6.45) is 0.328. The Balaban J connectivity index is 1.75. The van der Waals surface area contributed by atoms with E-state index in [-0.39, 0.29) is 17.6 Å². The Morgan fingerprint density at radius 3 is 2.40 bits per heavy atom. The van der Waals surface area contributed by atoms with E-state index >= 15 is 0 Å². The van der Waals surface area contributed by atoms with Crippen molar-refractivity contribution in [2.75, 3.05) is 6.61 Å². The lowest BCUT2D eigenvalue weighted by molar-refractivity contribution is 0.159. The van der Waals surface area contributed by atoms with E-state index in [4.69, 9.17) is 8.92 Å². The quantitative estimate of drug-likeness (QED) is 0.739. The van der Waals surface area contributed by atoms with Gasteiger partial charge in [-0.15, -0.1) is 0 Å². The summed E-state index contributed by atoms with van der Waals surface area (Å²) < 4.78 is 35.9. The van der Waals surface area contributed by atoms with Gasteiger partial charge in [-0.1, -0.05) is 55.0 Å². The molecule has 2 aromatic carbocycles. The highest BCUT2D eigenvalue weighted by atomic mass is 32.2. The molecule has 0 radical (unpaired) electrons. The third-order valence-corrected chi connectivity index (χ3v) is 5.35. The highest BCUT2D eigenvalue weighted by Crippen LogP contribution is 2.30. The fourth-order valence-corrected chi connectivity index (χ4v) is 3.60. The minimum atomic E-state index is -3.82. The second kappa shape index (κ2) is 7.37. The van der Waals surface area contributed by atoms with Gasteiger partial charge in [0.2, 0.25) is 0 Å². The first kappa shape index (κ1) is 17.6. The largest absolute Gasteiger partial charge is 0.471 e. The molecule has 0 amide bonds. The molecule has 0 aromatic heterocycles. The monoisotopic (exact) mass is 359 g/mol. The Bertz CT molecular complexity index is 845. The van der Waals surface area contributed by atoms with Crippen LogP contribution in [0.2, 0.25) is 0 Å². The van der Waals surface area contributed by atoms with Crippen LogP contribution in [-0.4, -0.2) is 27.0 Å². The number of benzene rings is 2. The van der Waals surface area contributed by atoms with Gasteiger partial charge >= 0.3 is 0 Å². The summed E-state index contributed by atoms with van der Waals surface area (Å²) in [6, 6.07) is 15.8. The highest BCUT2D eigenvalue weighted by Gasteiger charge is 2.33. The maximum absolute atomic E-state index is 12.4. The molecule has 0 spiro atoms. The Hall–Kier alpha value is -2.18. The van der Waals surface area contributed by atoms with Crippen LogP contribution in [0, 0.1) is 6.92 Å². The standard InChI is InChI=1S/C19H21NO4S/c1-3-18-20-17(19(24-18)15-7-5-4-6-8-15)13-23-25(21,22)16-11-9-14(2)10-12-16/h4-12,17,19H,3,13H2,1-2H3/t17-,19-/m0/s1. The van der Waals surface area contributed by atoms with Crippen LogP contribution in [0.1, 0.15) is 30.6 Å². The molecule has 1 aliphatic heterocycles. The summed E-state index contributed by atoms with van der Waals surface area (Å²) in [5.74, 6) is 0.621. The smallest absolute Gasteiger partial charge is 0.297 e. The van der Waals surface area contributed by atoms with Gasteiger partial charge in [0.1, 0.15) is 12.1 Å². The molecule has 0 bridgehead atoms. The molecule has 1 heterocycles. The van der Waals surface area contributed by atoms with E-state index in [2.05, 4.69) is 4.99 Å². The Morgan fingerprint density at radius 2 is 1.76 bits per heavy atom. The predicted octanol–water partition coefficient (Wildman–Crippen LogP) is 3.65. The van der Waals surface area contributed by atoms with Gasteiger partial charge in [-0.25, -0.2) is 4.99 Å². The molecule has 0 aliphatic carbocycles. The number of aryl methyl sites for hydroxylation is 1. The molecular weight excluding hydrogens is 338 g/mol. The predicted molar refractivity (Wildman–Crippen MR) is 96.1 cm³/mol. The first-order valence-corrected chi connectivity index (χ1v) is 9.65. The second-order valence-corrected chi connectivity index (χ2v) is 7.56. The number of nitrogens with zero attached hydrogens (tertiary/aromatic N) is 1. The molecule has 0 saturated carbocycles. The molecule has 132 valence electrons. The molecule has 6 heteroatoms. The van der Waals surface area contributed by atoms with Crippen molar-refractivity contribution in [1.82, 2.24) is 0 Å². The topological polar surface area (TPSA) is 65.0 Å². The number of hydrogen-bond acceptors (Lipinski definition) is 5. The van der Waals surface area contributed by atoms with Crippen molar-refractivity contribution < 1.29 is 17.3 Å². The molecule has 1 aliphatic rings. The summed E-state index contributed by atoms with van der Waals surface area (Å²) >= 11 is 0. The van der Waals surface area contributed by atoms with Gasteiger partial charge in [0, 0.05) is 6.42 Å². The van der Waals surface area contributed by atoms with Crippen molar-refractivity contribution in [3.05, 3.63) is 65.7 Å². The highest BCUT2D eigenvalue weighted by molar-refractivity contribution is 7.86. The van der Waals surface area contributed by atoms with Crippen molar-refractivity contribution in [2.45, 2.75) is 37.3 Å². The zero-order valence-corrected chi connectivity index (χ0v) is 15.1. The van der Waals surface area contributed by atoms with Crippen molar-refractivity contribution in [3.63, 3.8) is 0 Å². The van der Waals surface area contributed by atoms with Crippen LogP contribution >= 0.6 is 0 Å². The van der Waals surface area contributed by atoms with E-state index in [1.165, 1.54) is 0 Å². The number of hydrogen-bond donors (Lipinski definition) is 0. The van der Waals surface area contributed by atoms with Crippen LogP contribution in [0.4, 0.5) is 0 Å². The van der Waals surface area contributed by atoms with Crippen molar-refractivity contribution in [3.8, 4) is 0 Å². The van der Waals surface area contributed by atoms with Gasteiger partial charge in [0.05, 0.1) is 11.5 Å². The van der Waals surface area contributed by atoms with Crippen LogP contribution in [-0.2, 0) is 19.0 Å².